The minimum absolute atomic E-state index is 0.0726. The molecule has 0 spiro atoms. The molecule has 1 aliphatic rings. The topological polar surface area (TPSA) is 47.6 Å². The van der Waals surface area contributed by atoms with Crippen LogP contribution in [0.5, 0.6) is 0 Å². The fourth-order valence-corrected chi connectivity index (χ4v) is 2.07. The van der Waals surface area contributed by atoms with Gasteiger partial charge in [-0.2, -0.15) is 0 Å². The summed E-state index contributed by atoms with van der Waals surface area (Å²) in [6.45, 7) is -1.02. The molecular weight excluding hydrogens is 313 g/mol. The molecule has 1 unspecified atom stereocenters. The zero-order valence-corrected chi connectivity index (χ0v) is 10.8. The summed E-state index contributed by atoms with van der Waals surface area (Å²) >= 11 is 3.11. The Bertz CT molecular complexity index is 493. The summed E-state index contributed by atoms with van der Waals surface area (Å²) in [5.41, 5.74) is 5.22. The number of amidine groups is 1. The number of alkyl halides is 2. The molecule has 1 atom stereocenters. The van der Waals surface area contributed by atoms with Crippen molar-refractivity contribution in [3.05, 3.63) is 34.1 Å². The number of ether oxygens (including phenoxy) is 1. The highest BCUT2D eigenvalue weighted by Crippen LogP contribution is 2.38. The molecule has 2 N–H and O–H groups in total. The second-order valence-corrected chi connectivity index (χ2v) is 4.86. The predicted molar refractivity (Wildman–Crippen MR) is 64.2 cm³/mol. The first-order valence-corrected chi connectivity index (χ1v) is 5.92. The van der Waals surface area contributed by atoms with Gasteiger partial charge in [-0.15, -0.1) is 0 Å². The fraction of sp³-hybridized carbons (Fsp3) is 0.364. The van der Waals surface area contributed by atoms with E-state index in [0.29, 0.717) is 4.47 Å². The van der Waals surface area contributed by atoms with Crippen LogP contribution in [0.15, 0.2) is 27.7 Å². The van der Waals surface area contributed by atoms with Crippen LogP contribution in [0.3, 0.4) is 0 Å². The highest BCUT2D eigenvalue weighted by Gasteiger charge is 2.44. The molecule has 98 valence electrons. The van der Waals surface area contributed by atoms with Gasteiger partial charge in [-0.05, 0) is 18.2 Å². The summed E-state index contributed by atoms with van der Waals surface area (Å²) in [6, 6.07) is 2.14. The molecule has 0 fully saturated rings. The van der Waals surface area contributed by atoms with Crippen molar-refractivity contribution in [1.82, 2.24) is 0 Å². The van der Waals surface area contributed by atoms with Gasteiger partial charge in [-0.3, -0.25) is 4.99 Å². The zero-order chi connectivity index (χ0) is 13.3. The lowest BCUT2D eigenvalue weighted by molar-refractivity contribution is -0.0831. The molecule has 1 aliphatic heterocycles. The van der Waals surface area contributed by atoms with Crippen molar-refractivity contribution in [1.29, 1.82) is 0 Å². The van der Waals surface area contributed by atoms with Crippen LogP contribution in [0.25, 0.3) is 0 Å². The van der Waals surface area contributed by atoms with E-state index in [2.05, 4.69) is 20.9 Å². The normalized spacial score (nSPS) is 23.3. The van der Waals surface area contributed by atoms with Gasteiger partial charge in [-0.1, -0.05) is 15.9 Å². The van der Waals surface area contributed by atoms with E-state index >= 15 is 0 Å². The number of hydrogen-bond acceptors (Lipinski definition) is 3. The lowest BCUT2D eigenvalue weighted by Crippen LogP contribution is -2.30. The molecule has 0 bridgehead atoms. The summed E-state index contributed by atoms with van der Waals surface area (Å²) in [7, 11) is 0. The molecule has 1 heterocycles. The maximum Gasteiger partial charge on any atom is 0.297 e. The van der Waals surface area contributed by atoms with Crippen molar-refractivity contribution in [3.8, 4) is 0 Å². The molecule has 3 nitrogen and oxygen atoms in total. The van der Waals surface area contributed by atoms with Gasteiger partial charge in [0.15, 0.2) is 0 Å². The van der Waals surface area contributed by atoms with Gasteiger partial charge in [0.25, 0.3) is 5.92 Å². The summed E-state index contributed by atoms with van der Waals surface area (Å²) in [5, 5.41) is 0. The third kappa shape index (κ3) is 2.67. The Morgan fingerprint density at radius 1 is 1.44 bits per heavy atom. The molecule has 0 saturated heterocycles. The molecule has 1 aromatic carbocycles. The van der Waals surface area contributed by atoms with Crippen LogP contribution < -0.4 is 5.73 Å². The van der Waals surface area contributed by atoms with E-state index in [1.165, 1.54) is 12.1 Å². The first-order valence-electron chi connectivity index (χ1n) is 5.13. The smallest absolute Gasteiger partial charge is 0.297 e. The first-order chi connectivity index (χ1) is 8.40. The Kier molecular flexibility index (Phi) is 3.63. The number of benzene rings is 1. The summed E-state index contributed by atoms with van der Waals surface area (Å²) < 4.78 is 46.5. The standard InChI is InChI=1S/C11H10BrF3N2O/c12-6-1-2-8(13)7(3-6)10-11(14,15)5-18-4-9(16)17-10/h1-3,10H,4-5H2,(H2,16,17). The Morgan fingerprint density at radius 3 is 2.89 bits per heavy atom. The molecule has 0 aliphatic carbocycles. The molecule has 0 radical (unpaired) electrons. The summed E-state index contributed by atoms with van der Waals surface area (Å²) in [4.78, 5) is 3.66. The van der Waals surface area contributed by atoms with E-state index in [4.69, 9.17) is 10.5 Å². The highest BCUT2D eigenvalue weighted by molar-refractivity contribution is 9.10. The van der Waals surface area contributed by atoms with Crippen LogP contribution in [0.4, 0.5) is 13.2 Å². The second-order valence-electron chi connectivity index (χ2n) is 3.94. The largest absolute Gasteiger partial charge is 0.386 e. The lowest BCUT2D eigenvalue weighted by Gasteiger charge is -2.22. The number of nitrogens with two attached hydrogens (primary N) is 1. The van der Waals surface area contributed by atoms with Crippen LogP contribution in [0.2, 0.25) is 0 Å². The Hall–Kier alpha value is -1.08. The zero-order valence-electron chi connectivity index (χ0n) is 9.17. The van der Waals surface area contributed by atoms with Crippen molar-refractivity contribution in [2.24, 2.45) is 10.7 Å². The van der Waals surface area contributed by atoms with Crippen LogP contribution in [0, 0.1) is 5.82 Å². The summed E-state index contributed by atoms with van der Waals surface area (Å²) in [6.07, 6.45) is 0. The van der Waals surface area contributed by atoms with Crippen LogP contribution >= 0.6 is 15.9 Å². The van der Waals surface area contributed by atoms with Gasteiger partial charge in [-0.25, -0.2) is 13.2 Å². The molecule has 0 saturated carbocycles. The minimum atomic E-state index is -3.30. The molecule has 18 heavy (non-hydrogen) atoms. The average Bonchev–Trinajstić information content (AvgIpc) is 2.41. The SMILES string of the molecule is NC1=NC(c2cc(Br)ccc2F)C(F)(F)COC1. The van der Waals surface area contributed by atoms with Crippen LogP contribution in [0.1, 0.15) is 11.6 Å². The minimum Gasteiger partial charge on any atom is -0.386 e. The number of aliphatic imine (C=N–C) groups is 1. The van der Waals surface area contributed by atoms with Crippen molar-refractivity contribution in [2.75, 3.05) is 13.2 Å². The number of hydrogen-bond donors (Lipinski definition) is 1. The fourth-order valence-electron chi connectivity index (χ4n) is 1.69. The third-order valence-electron chi connectivity index (χ3n) is 2.49. The van der Waals surface area contributed by atoms with Crippen molar-refractivity contribution in [2.45, 2.75) is 12.0 Å². The van der Waals surface area contributed by atoms with Gasteiger partial charge in [0.05, 0.1) is 0 Å². The summed E-state index contributed by atoms with van der Waals surface area (Å²) in [5.74, 6) is -4.12. The lowest BCUT2D eigenvalue weighted by atomic mass is 10.0. The maximum atomic E-state index is 13.8. The molecule has 2 rings (SSSR count). The Labute approximate surface area is 110 Å². The van der Waals surface area contributed by atoms with Gasteiger partial charge < -0.3 is 10.5 Å². The van der Waals surface area contributed by atoms with E-state index in [-0.39, 0.29) is 18.0 Å². The van der Waals surface area contributed by atoms with Gasteiger partial charge in [0, 0.05) is 10.0 Å². The number of halogens is 4. The van der Waals surface area contributed by atoms with E-state index in [0.717, 1.165) is 6.07 Å². The van der Waals surface area contributed by atoms with Crippen molar-refractivity contribution < 1.29 is 17.9 Å². The molecule has 7 heteroatoms. The van der Waals surface area contributed by atoms with Crippen molar-refractivity contribution in [3.63, 3.8) is 0 Å². The first kappa shape index (κ1) is 13.4. The second kappa shape index (κ2) is 4.89. The van der Waals surface area contributed by atoms with Gasteiger partial charge in [0.1, 0.15) is 30.9 Å². The van der Waals surface area contributed by atoms with Crippen LogP contribution in [-0.2, 0) is 4.74 Å². The molecule has 1 aromatic rings. The van der Waals surface area contributed by atoms with Gasteiger partial charge in [0.2, 0.25) is 0 Å². The van der Waals surface area contributed by atoms with E-state index in [1.54, 1.807) is 0 Å². The number of nitrogens with zero attached hydrogens (tertiary/aromatic N) is 1. The molecule has 0 amide bonds. The third-order valence-corrected chi connectivity index (χ3v) is 2.99. The van der Waals surface area contributed by atoms with E-state index in [1.807, 2.05) is 0 Å². The van der Waals surface area contributed by atoms with Crippen LogP contribution in [-0.4, -0.2) is 25.0 Å². The Balaban J connectivity index is 2.51. The Morgan fingerprint density at radius 2 is 2.17 bits per heavy atom. The van der Waals surface area contributed by atoms with Gasteiger partial charge >= 0.3 is 0 Å². The number of rotatable bonds is 1. The van der Waals surface area contributed by atoms with E-state index in [9.17, 15) is 13.2 Å². The highest BCUT2D eigenvalue weighted by atomic mass is 79.9. The monoisotopic (exact) mass is 322 g/mol. The van der Waals surface area contributed by atoms with E-state index < -0.39 is 24.4 Å². The predicted octanol–water partition coefficient (Wildman–Crippen LogP) is 2.65. The average molecular weight is 323 g/mol. The van der Waals surface area contributed by atoms with Crippen molar-refractivity contribution >= 4 is 21.8 Å². The maximum absolute atomic E-state index is 13.8. The molecular formula is C11H10BrF3N2O. The quantitative estimate of drug-likeness (QED) is 0.864. The molecule has 0 aromatic heterocycles.